The molecule has 1 amide bonds. The van der Waals surface area contributed by atoms with Crippen LogP contribution in [0.1, 0.15) is 45.5 Å². The predicted molar refractivity (Wildman–Crippen MR) is 100 cm³/mol. The maximum absolute atomic E-state index is 14.7. The minimum atomic E-state index is -0.291. The topological polar surface area (TPSA) is 41.1 Å². The van der Waals surface area contributed by atoms with E-state index in [1.165, 1.54) is 24.0 Å². The summed E-state index contributed by atoms with van der Waals surface area (Å²) in [6, 6.07) is 9.41. The second-order valence-corrected chi connectivity index (χ2v) is 6.64. The number of carbonyl (C=O) groups is 1. The molecule has 132 valence electrons. The lowest BCUT2D eigenvalue weighted by atomic mass is 9.90. The van der Waals surface area contributed by atoms with Gasteiger partial charge in [0, 0.05) is 12.1 Å². The van der Waals surface area contributed by atoms with Gasteiger partial charge in [-0.3, -0.25) is 4.79 Å². The van der Waals surface area contributed by atoms with E-state index in [-0.39, 0.29) is 29.8 Å². The molecular weight excluding hydrogens is 339 g/mol. The van der Waals surface area contributed by atoms with Crippen molar-refractivity contribution >= 4 is 24.0 Å². The van der Waals surface area contributed by atoms with Crippen LogP contribution in [0.4, 0.5) is 10.1 Å². The zero-order chi connectivity index (χ0) is 16.5. The van der Waals surface area contributed by atoms with Crippen LogP contribution in [-0.4, -0.2) is 12.5 Å². The minimum Gasteiger partial charge on any atom is -0.319 e. The van der Waals surface area contributed by atoms with Crippen molar-refractivity contribution in [1.82, 2.24) is 5.32 Å². The molecule has 0 unspecified atom stereocenters. The Balaban J connectivity index is 0.00000182. The molecule has 1 heterocycles. The molecule has 3 nitrogen and oxygen atoms in total. The Labute approximate surface area is 153 Å². The summed E-state index contributed by atoms with van der Waals surface area (Å²) in [5.74, 6) is -0.531. The van der Waals surface area contributed by atoms with Gasteiger partial charge in [-0.25, -0.2) is 4.39 Å². The zero-order valence-corrected chi connectivity index (χ0v) is 14.8. The van der Waals surface area contributed by atoms with Crippen molar-refractivity contribution in [2.75, 3.05) is 11.9 Å². The van der Waals surface area contributed by atoms with Gasteiger partial charge in [-0.05, 0) is 79.1 Å². The highest BCUT2D eigenvalue weighted by Gasteiger charge is 2.19. The molecule has 0 aromatic heterocycles. The molecular formula is C20H22ClFN2O. The molecule has 0 fully saturated rings. The van der Waals surface area contributed by atoms with E-state index in [2.05, 4.69) is 10.6 Å². The van der Waals surface area contributed by atoms with Crippen LogP contribution >= 0.6 is 12.4 Å². The third-order valence-electron chi connectivity index (χ3n) is 5.07. The number of halogens is 2. The molecule has 2 aromatic carbocycles. The Bertz CT molecular complexity index is 807. The lowest BCUT2D eigenvalue weighted by Gasteiger charge is -2.20. The van der Waals surface area contributed by atoms with Gasteiger partial charge in [0.15, 0.2) is 0 Å². The third kappa shape index (κ3) is 3.55. The molecule has 0 radical (unpaired) electrons. The summed E-state index contributed by atoms with van der Waals surface area (Å²) in [6.45, 7) is 1.46. The largest absolute Gasteiger partial charge is 0.319 e. The summed E-state index contributed by atoms with van der Waals surface area (Å²) in [5.41, 5.74) is 5.17. The molecule has 2 N–H and O–H groups in total. The van der Waals surface area contributed by atoms with Gasteiger partial charge in [-0.1, -0.05) is 12.1 Å². The molecule has 0 spiro atoms. The fraction of sp³-hybridized carbons (Fsp3) is 0.350. The molecule has 2 aromatic rings. The average Bonchev–Trinajstić information content (AvgIpc) is 2.64. The number of nitrogens with one attached hydrogen (secondary N) is 2. The molecule has 0 atom stereocenters. The number of rotatable bonds is 2. The van der Waals surface area contributed by atoms with Crippen molar-refractivity contribution in [3.8, 4) is 0 Å². The number of benzene rings is 2. The molecule has 25 heavy (non-hydrogen) atoms. The monoisotopic (exact) mass is 360 g/mol. The van der Waals surface area contributed by atoms with Gasteiger partial charge in [0.25, 0.3) is 5.91 Å². The normalized spacial score (nSPS) is 15.6. The number of carbonyl (C=O) groups excluding carboxylic acids is 1. The highest BCUT2D eigenvalue weighted by atomic mass is 35.5. The Kier molecular flexibility index (Phi) is 5.40. The number of amides is 1. The van der Waals surface area contributed by atoms with Gasteiger partial charge in [-0.2, -0.15) is 0 Å². The predicted octanol–water partition coefficient (Wildman–Crippen LogP) is 4.02. The molecule has 1 aliphatic carbocycles. The first-order valence-corrected chi connectivity index (χ1v) is 8.66. The summed E-state index contributed by atoms with van der Waals surface area (Å²) < 4.78 is 14.7. The van der Waals surface area contributed by atoms with E-state index in [4.69, 9.17) is 0 Å². The summed E-state index contributed by atoms with van der Waals surface area (Å²) in [6.07, 6.45) is 5.16. The first kappa shape index (κ1) is 17.9. The Morgan fingerprint density at radius 3 is 2.60 bits per heavy atom. The second kappa shape index (κ2) is 7.54. The van der Waals surface area contributed by atoms with Crippen LogP contribution in [0.15, 0.2) is 30.3 Å². The van der Waals surface area contributed by atoms with Gasteiger partial charge in [0.05, 0.1) is 5.69 Å². The summed E-state index contributed by atoms with van der Waals surface area (Å²) in [5, 5.41) is 5.98. The van der Waals surface area contributed by atoms with Crippen molar-refractivity contribution in [1.29, 1.82) is 0 Å². The quantitative estimate of drug-likeness (QED) is 0.849. The molecule has 5 heteroatoms. The van der Waals surface area contributed by atoms with E-state index in [9.17, 15) is 9.18 Å². The van der Waals surface area contributed by atoms with Crippen molar-refractivity contribution < 1.29 is 9.18 Å². The number of aryl methyl sites for hydroxylation is 2. The highest BCUT2D eigenvalue weighted by Crippen LogP contribution is 2.26. The molecule has 0 saturated heterocycles. The fourth-order valence-electron chi connectivity index (χ4n) is 3.70. The van der Waals surface area contributed by atoms with Crippen LogP contribution in [0.5, 0.6) is 0 Å². The summed E-state index contributed by atoms with van der Waals surface area (Å²) >= 11 is 0. The van der Waals surface area contributed by atoms with Crippen LogP contribution in [0.2, 0.25) is 0 Å². The summed E-state index contributed by atoms with van der Waals surface area (Å²) in [4.78, 5) is 12.5. The zero-order valence-electron chi connectivity index (χ0n) is 14.0. The number of anilines is 1. The van der Waals surface area contributed by atoms with Gasteiger partial charge in [0.1, 0.15) is 5.82 Å². The van der Waals surface area contributed by atoms with E-state index in [1.54, 1.807) is 6.07 Å². The summed E-state index contributed by atoms with van der Waals surface area (Å²) in [7, 11) is 0. The number of hydrogen-bond donors (Lipinski definition) is 2. The van der Waals surface area contributed by atoms with Crippen molar-refractivity contribution in [2.24, 2.45) is 0 Å². The smallest absolute Gasteiger partial charge is 0.255 e. The van der Waals surface area contributed by atoms with Crippen LogP contribution in [-0.2, 0) is 25.8 Å². The number of hydrogen-bond acceptors (Lipinski definition) is 2. The van der Waals surface area contributed by atoms with Gasteiger partial charge < -0.3 is 10.6 Å². The SMILES string of the molecule is Cl.O=C(Nc1ccc2c(c1F)CCNC2)c1ccc2c(c1)CCCC2. The molecule has 0 bridgehead atoms. The van der Waals surface area contributed by atoms with E-state index in [0.29, 0.717) is 18.5 Å². The Morgan fingerprint density at radius 2 is 1.76 bits per heavy atom. The van der Waals surface area contributed by atoms with Crippen LogP contribution in [0, 0.1) is 5.82 Å². The van der Waals surface area contributed by atoms with Crippen molar-refractivity contribution in [3.05, 3.63) is 64.0 Å². The maximum atomic E-state index is 14.7. The van der Waals surface area contributed by atoms with Gasteiger partial charge in [0.2, 0.25) is 0 Å². The van der Waals surface area contributed by atoms with Crippen LogP contribution < -0.4 is 10.6 Å². The van der Waals surface area contributed by atoms with Gasteiger partial charge in [-0.15, -0.1) is 12.4 Å². The Hall–Kier alpha value is -1.91. The Morgan fingerprint density at radius 1 is 1.00 bits per heavy atom. The van der Waals surface area contributed by atoms with Gasteiger partial charge >= 0.3 is 0 Å². The highest BCUT2D eigenvalue weighted by molar-refractivity contribution is 6.04. The lowest BCUT2D eigenvalue weighted by Crippen LogP contribution is -2.25. The minimum absolute atomic E-state index is 0. The fourth-order valence-corrected chi connectivity index (χ4v) is 3.70. The molecule has 0 saturated carbocycles. The molecule has 4 rings (SSSR count). The van der Waals surface area contributed by atoms with Crippen molar-refractivity contribution in [3.63, 3.8) is 0 Å². The van der Waals surface area contributed by atoms with E-state index >= 15 is 0 Å². The third-order valence-corrected chi connectivity index (χ3v) is 5.07. The van der Waals surface area contributed by atoms with E-state index < -0.39 is 0 Å². The first-order chi connectivity index (χ1) is 11.7. The average molecular weight is 361 g/mol. The number of fused-ring (bicyclic) bond motifs is 2. The van der Waals surface area contributed by atoms with Crippen molar-refractivity contribution in [2.45, 2.75) is 38.6 Å². The van der Waals surface area contributed by atoms with Crippen LogP contribution in [0.3, 0.4) is 0 Å². The molecule has 2 aliphatic rings. The second-order valence-electron chi connectivity index (χ2n) is 6.64. The molecule has 1 aliphatic heterocycles. The van der Waals surface area contributed by atoms with E-state index in [0.717, 1.165) is 30.5 Å². The first-order valence-electron chi connectivity index (χ1n) is 8.66. The van der Waals surface area contributed by atoms with E-state index in [1.807, 2.05) is 24.3 Å². The lowest BCUT2D eigenvalue weighted by molar-refractivity contribution is 0.102. The van der Waals surface area contributed by atoms with Crippen LogP contribution in [0.25, 0.3) is 0 Å². The maximum Gasteiger partial charge on any atom is 0.255 e. The standard InChI is InChI=1S/C20H21FN2O.ClH/c21-19-17-9-10-22-12-16(17)7-8-18(19)23-20(24)15-6-5-13-3-1-2-4-14(13)11-15;/h5-8,11,22H,1-4,9-10,12H2,(H,23,24);1H.